The Bertz CT molecular complexity index is 1090. The van der Waals surface area contributed by atoms with Gasteiger partial charge in [0.05, 0.1) is 6.54 Å². The first kappa shape index (κ1) is 20.8. The molecule has 2 N–H and O–H groups in total. The molecule has 2 amide bonds. The minimum absolute atomic E-state index is 0.00210. The van der Waals surface area contributed by atoms with Gasteiger partial charge in [0, 0.05) is 36.3 Å². The number of rotatable bonds is 6. The lowest BCUT2D eigenvalue weighted by Crippen LogP contribution is -2.37. The lowest BCUT2D eigenvalue weighted by molar-refractivity contribution is 0.0730. The molecule has 0 unspecified atom stereocenters. The number of carbonyl (C=O) groups is 2. The molecular weight excluding hydrogens is 388 g/mol. The summed E-state index contributed by atoms with van der Waals surface area (Å²) in [6.07, 6.45) is 2.44. The van der Waals surface area contributed by atoms with Crippen molar-refractivity contribution in [2.75, 3.05) is 13.1 Å². The fourth-order valence-electron chi connectivity index (χ4n) is 4.02. The lowest BCUT2D eigenvalue weighted by Gasteiger charge is -2.27. The van der Waals surface area contributed by atoms with Crippen molar-refractivity contribution in [1.82, 2.24) is 20.4 Å². The highest BCUT2D eigenvalue weighted by Gasteiger charge is 2.28. The maximum absolute atomic E-state index is 13.1. The van der Waals surface area contributed by atoms with Gasteiger partial charge in [-0.05, 0) is 43.9 Å². The Balaban J connectivity index is 1.39. The number of aryl methyl sites for hydroxylation is 3. The predicted octanol–water partition coefficient (Wildman–Crippen LogP) is 3.59. The fourth-order valence-corrected chi connectivity index (χ4v) is 4.02. The molecule has 31 heavy (non-hydrogen) atoms. The highest BCUT2D eigenvalue weighted by Crippen LogP contribution is 2.23. The summed E-state index contributed by atoms with van der Waals surface area (Å²) in [5, 5.41) is 10.2. The second kappa shape index (κ2) is 9.16. The largest absolute Gasteiger partial charge is 0.351 e. The third-order valence-electron chi connectivity index (χ3n) is 5.83. The predicted molar refractivity (Wildman–Crippen MR) is 120 cm³/mol. The summed E-state index contributed by atoms with van der Waals surface area (Å²) >= 11 is 0. The molecule has 2 aromatic carbocycles. The normalized spacial score (nSPS) is 13.0. The van der Waals surface area contributed by atoms with Crippen molar-refractivity contribution in [1.29, 1.82) is 0 Å². The number of hydrogen-bond donors (Lipinski definition) is 2. The number of nitrogens with one attached hydrogen (secondary N) is 2. The van der Waals surface area contributed by atoms with Gasteiger partial charge >= 0.3 is 0 Å². The van der Waals surface area contributed by atoms with Gasteiger partial charge in [-0.3, -0.25) is 14.7 Å². The Kier molecular flexibility index (Phi) is 6.16. The van der Waals surface area contributed by atoms with E-state index in [4.69, 9.17) is 0 Å². The van der Waals surface area contributed by atoms with E-state index < -0.39 is 0 Å². The van der Waals surface area contributed by atoms with Crippen LogP contribution in [0.3, 0.4) is 0 Å². The Morgan fingerprint density at radius 2 is 1.94 bits per heavy atom. The van der Waals surface area contributed by atoms with Crippen LogP contribution in [0.25, 0.3) is 0 Å². The molecule has 0 atom stereocenters. The molecule has 0 spiro atoms. The van der Waals surface area contributed by atoms with Gasteiger partial charge in [0.25, 0.3) is 11.8 Å². The highest BCUT2D eigenvalue weighted by molar-refractivity contribution is 5.97. The topological polar surface area (TPSA) is 78.1 Å². The van der Waals surface area contributed by atoms with Crippen molar-refractivity contribution in [3.8, 4) is 0 Å². The monoisotopic (exact) mass is 416 g/mol. The number of amides is 2. The summed E-state index contributed by atoms with van der Waals surface area (Å²) in [7, 11) is 0. The maximum atomic E-state index is 13.1. The molecule has 0 radical (unpaired) electrons. The van der Waals surface area contributed by atoms with Crippen LogP contribution < -0.4 is 5.32 Å². The zero-order chi connectivity index (χ0) is 21.8. The van der Waals surface area contributed by atoms with Crippen molar-refractivity contribution in [3.63, 3.8) is 0 Å². The number of carbonyl (C=O) groups excluding carboxylic acids is 2. The van der Waals surface area contributed by atoms with Gasteiger partial charge in [-0.1, -0.05) is 48.0 Å². The Labute approximate surface area is 182 Å². The molecule has 2 heterocycles. The number of benzene rings is 2. The Morgan fingerprint density at radius 1 is 1.13 bits per heavy atom. The highest BCUT2D eigenvalue weighted by atomic mass is 16.2. The van der Waals surface area contributed by atoms with Crippen LogP contribution >= 0.6 is 0 Å². The van der Waals surface area contributed by atoms with E-state index >= 15 is 0 Å². The molecule has 1 aliphatic heterocycles. The van der Waals surface area contributed by atoms with Crippen LogP contribution in [-0.2, 0) is 19.4 Å². The van der Waals surface area contributed by atoms with Crippen LogP contribution in [0.2, 0.25) is 0 Å². The van der Waals surface area contributed by atoms with Gasteiger partial charge in [-0.15, -0.1) is 0 Å². The van der Waals surface area contributed by atoms with Gasteiger partial charge in [0.2, 0.25) is 0 Å². The Morgan fingerprint density at radius 3 is 2.74 bits per heavy atom. The maximum Gasteiger partial charge on any atom is 0.272 e. The van der Waals surface area contributed by atoms with Gasteiger partial charge in [-0.2, -0.15) is 5.10 Å². The molecule has 160 valence electrons. The quantitative estimate of drug-likeness (QED) is 0.603. The molecule has 6 heteroatoms. The third-order valence-corrected chi connectivity index (χ3v) is 5.83. The summed E-state index contributed by atoms with van der Waals surface area (Å²) in [6.45, 7) is 5.53. The van der Waals surface area contributed by atoms with E-state index in [2.05, 4.69) is 27.6 Å². The van der Waals surface area contributed by atoms with Gasteiger partial charge in [0.1, 0.15) is 0 Å². The zero-order valence-corrected chi connectivity index (χ0v) is 18.1. The van der Waals surface area contributed by atoms with E-state index in [-0.39, 0.29) is 11.8 Å². The molecule has 0 aliphatic carbocycles. The van der Waals surface area contributed by atoms with Crippen LogP contribution in [0.4, 0.5) is 0 Å². The van der Waals surface area contributed by atoms with Crippen LogP contribution in [0, 0.1) is 13.8 Å². The molecule has 6 nitrogen and oxygen atoms in total. The van der Waals surface area contributed by atoms with Crippen molar-refractivity contribution in [2.24, 2.45) is 0 Å². The van der Waals surface area contributed by atoms with Gasteiger partial charge in [-0.25, -0.2) is 0 Å². The summed E-state index contributed by atoms with van der Waals surface area (Å²) in [5.74, 6) is -0.186. The number of aromatic nitrogens is 2. The molecule has 1 aliphatic rings. The van der Waals surface area contributed by atoms with E-state index in [0.717, 1.165) is 40.8 Å². The molecule has 3 aromatic rings. The summed E-state index contributed by atoms with van der Waals surface area (Å²) in [6, 6.07) is 16.1. The average molecular weight is 417 g/mol. The van der Waals surface area contributed by atoms with Crippen molar-refractivity contribution < 1.29 is 9.59 Å². The first-order valence-corrected chi connectivity index (χ1v) is 10.8. The van der Waals surface area contributed by atoms with E-state index in [1.165, 1.54) is 5.56 Å². The summed E-state index contributed by atoms with van der Waals surface area (Å²) < 4.78 is 0. The van der Waals surface area contributed by atoms with Crippen molar-refractivity contribution in [3.05, 3.63) is 87.7 Å². The van der Waals surface area contributed by atoms with Crippen molar-refractivity contribution in [2.45, 2.75) is 39.7 Å². The Hall–Kier alpha value is -3.41. The standard InChI is InChI=1S/C25H28N4O2/c1-17-10-11-18(2)20(15-17)25(31)29-14-12-22-21(16-29)23(28-27-22)24(30)26-13-6-9-19-7-4-3-5-8-19/h3-5,7-8,10-11,15H,6,9,12-14,16H2,1-2H3,(H,26,30)(H,27,28). The minimum Gasteiger partial charge on any atom is -0.351 e. The van der Waals surface area contributed by atoms with Crippen LogP contribution in [0.1, 0.15) is 55.2 Å². The van der Waals surface area contributed by atoms with Gasteiger partial charge in [0.15, 0.2) is 5.69 Å². The van der Waals surface area contributed by atoms with E-state index in [1.807, 2.05) is 55.1 Å². The zero-order valence-electron chi connectivity index (χ0n) is 18.1. The number of H-pyrrole nitrogens is 1. The van der Waals surface area contributed by atoms with Crippen LogP contribution in [-0.4, -0.2) is 40.0 Å². The molecule has 1 aromatic heterocycles. The van der Waals surface area contributed by atoms with E-state index in [1.54, 1.807) is 0 Å². The van der Waals surface area contributed by atoms with E-state index in [0.29, 0.717) is 31.7 Å². The first-order chi connectivity index (χ1) is 15.0. The third kappa shape index (κ3) is 4.68. The summed E-state index contributed by atoms with van der Waals surface area (Å²) in [4.78, 5) is 27.7. The molecule has 0 saturated carbocycles. The molecule has 0 bridgehead atoms. The number of aromatic amines is 1. The second-order valence-electron chi connectivity index (χ2n) is 8.17. The summed E-state index contributed by atoms with van der Waals surface area (Å²) in [5.41, 5.74) is 6.17. The van der Waals surface area contributed by atoms with Gasteiger partial charge < -0.3 is 10.2 Å². The number of fused-ring (bicyclic) bond motifs is 1. The average Bonchev–Trinajstić information content (AvgIpc) is 3.22. The number of nitrogens with zero attached hydrogens (tertiary/aromatic N) is 2. The second-order valence-corrected chi connectivity index (χ2v) is 8.17. The smallest absolute Gasteiger partial charge is 0.272 e. The van der Waals surface area contributed by atoms with E-state index in [9.17, 15) is 9.59 Å². The van der Waals surface area contributed by atoms with Crippen LogP contribution in [0.15, 0.2) is 48.5 Å². The molecule has 0 fully saturated rings. The van der Waals surface area contributed by atoms with Crippen LogP contribution in [0.5, 0.6) is 0 Å². The first-order valence-electron chi connectivity index (χ1n) is 10.8. The minimum atomic E-state index is -0.188. The molecule has 0 saturated heterocycles. The fraction of sp³-hybridized carbons (Fsp3) is 0.320. The number of hydrogen-bond acceptors (Lipinski definition) is 3. The van der Waals surface area contributed by atoms with Crippen molar-refractivity contribution >= 4 is 11.8 Å². The lowest BCUT2D eigenvalue weighted by atomic mass is 10.0. The SMILES string of the molecule is Cc1ccc(C)c(C(=O)N2CCc3[nH]nc(C(=O)NCCCc4ccccc4)c3C2)c1. The molecule has 4 rings (SSSR count). The molecular formula is C25H28N4O2.